The molecule has 122 valence electrons. The summed E-state index contributed by atoms with van der Waals surface area (Å²) in [5.74, 6) is 1.80. The number of carbonyl (C=O) groups excluding carboxylic acids is 1. The lowest BCUT2D eigenvalue weighted by atomic mass is 10.1. The van der Waals surface area contributed by atoms with E-state index in [0.717, 1.165) is 41.0 Å². The summed E-state index contributed by atoms with van der Waals surface area (Å²) in [6.07, 6.45) is 0.143. The molecule has 0 aliphatic carbocycles. The van der Waals surface area contributed by atoms with Crippen LogP contribution in [0.5, 0.6) is 0 Å². The molecular formula is C17H20N2O3S. The van der Waals surface area contributed by atoms with E-state index < -0.39 is 0 Å². The molecule has 2 fully saturated rings. The van der Waals surface area contributed by atoms with Crippen molar-refractivity contribution in [2.24, 2.45) is 0 Å². The van der Waals surface area contributed by atoms with Crippen molar-refractivity contribution in [1.29, 1.82) is 0 Å². The third kappa shape index (κ3) is 2.71. The van der Waals surface area contributed by atoms with Gasteiger partial charge in [0.15, 0.2) is 0 Å². The van der Waals surface area contributed by atoms with Crippen LogP contribution in [0.25, 0.3) is 10.6 Å². The van der Waals surface area contributed by atoms with Crippen molar-refractivity contribution < 1.29 is 13.9 Å². The highest BCUT2D eigenvalue weighted by molar-refractivity contribution is 7.17. The van der Waals surface area contributed by atoms with Gasteiger partial charge in [-0.05, 0) is 38.2 Å². The molecule has 6 heteroatoms. The molecule has 0 N–H and O–H groups in total. The fourth-order valence-corrected chi connectivity index (χ4v) is 4.27. The minimum Gasteiger partial charge on any atom is -0.461 e. The molecule has 0 aromatic carbocycles. The number of morpholine rings is 1. The summed E-state index contributed by atoms with van der Waals surface area (Å²) >= 11 is 1.49. The molecule has 0 bridgehead atoms. The van der Waals surface area contributed by atoms with Crippen molar-refractivity contribution in [3.63, 3.8) is 0 Å². The Kier molecular flexibility index (Phi) is 3.75. The van der Waals surface area contributed by atoms with Crippen LogP contribution >= 0.6 is 11.3 Å². The van der Waals surface area contributed by atoms with E-state index in [-0.39, 0.29) is 12.0 Å². The Labute approximate surface area is 139 Å². The Balaban J connectivity index is 1.50. The first-order valence-corrected chi connectivity index (χ1v) is 8.71. The standard InChI is InChI=1S/C17H20N2O3S/c1-11-3-4-13(22-11)15-5-6-16(23-15)17(20)19-9-12-14(10-19)21-8-7-18(12)2/h3-6,12,14H,7-10H2,1-2H3. The first-order valence-electron chi connectivity index (χ1n) is 7.89. The van der Waals surface area contributed by atoms with Gasteiger partial charge < -0.3 is 14.1 Å². The normalized spacial score (nSPS) is 24.9. The molecule has 2 aromatic heterocycles. The van der Waals surface area contributed by atoms with Gasteiger partial charge in [-0.2, -0.15) is 0 Å². The van der Waals surface area contributed by atoms with E-state index in [2.05, 4.69) is 11.9 Å². The molecule has 2 aromatic rings. The van der Waals surface area contributed by atoms with Crippen molar-refractivity contribution in [3.05, 3.63) is 34.9 Å². The van der Waals surface area contributed by atoms with Gasteiger partial charge in [0.25, 0.3) is 5.91 Å². The minimum absolute atomic E-state index is 0.0935. The summed E-state index contributed by atoms with van der Waals surface area (Å²) in [5.41, 5.74) is 0. The van der Waals surface area contributed by atoms with Crippen LogP contribution < -0.4 is 0 Å². The van der Waals surface area contributed by atoms with E-state index in [1.165, 1.54) is 11.3 Å². The maximum absolute atomic E-state index is 12.8. The summed E-state index contributed by atoms with van der Waals surface area (Å²) in [5, 5.41) is 0. The van der Waals surface area contributed by atoms with Gasteiger partial charge in [-0.3, -0.25) is 9.69 Å². The molecule has 2 unspecified atom stereocenters. The van der Waals surface area contributed by atoms with Gasteiger partial charge in [0.1, 0.15) is 11.5 Å². The van der Waals surface area contributed by atoms with Crippen LogP contribution in [-0.2, 0) is 4.74 Å². The number of hydrogen-bond acceptors (Lipinski definition) is 5. The predicted molar refractivity (Wildman–Crippen MR) is 88.8 cm³/mol. The lowest BCUT2D eigenvalue weighted by Gasteiger charge is -2.33. The number of ether oxygens (including phenoxy) is 1. The summed E-state index contributed by atoms with van der Waals surface area (Å²) in [6, 6.07) is 8.06. The number of carbonyl (C=O) groups is 1. The third-order valence-corrected chi connectivity index (χ3v) is 5.75. The van der Waals surface area contributed by atoms with Gasteiger partial charge in [0.05, 0.1) is 28.5 Å². The zero-order chi connectivity index (χ0) is 16.0. The van der Waals surface area contributed by atoms with Gasteiger partial charge in [-0.1, -0.05) is 0 Å². The van der Waals surface area contributed by atoms with Crippen LogP contribution in [0.1, 0.15) is 15.4 Å². The van der Waals surface area contributed by atoms with E-state index in [1.54, 1.807) is 0 Å². The van der Waals surface area contributed by atoms with Crippen LogP contribution in [0.4, 0.5) is 0 Å². The summed E-state index contributed by atoms with van der Waals surface area (Å²) in [6.45, 7) is 5.03. The molecule has 0 saturated carbocycles. The fourth-order valence-electron chi connectivity index (χ4n) is 3.33. The topological polar surface area (TPSA) is 45.9 Å². The van der Waals surface area contributed by atoms with Gasteiger partial charge >= 0.3 is 0 Å². The summed E-state index contributed by atoms with van der Waals surface area (Å²) in [7, 11) is 2.11. The smallest absolute Gasteiger partial charge is 0.264 e. The second-order valence-corrected chi connectivity index (χ2v) is 7.33. The van der Waals surface area contributed by atoms with E-state index in [1.807, 2.05) is 36.1 Å². The van der Waals surface area contributed by atoms with E-state index >= 15 is 0 Å². The van der Waals surface area contributed by atoms with E-state index in [9.17, 15) is 4.79 Å². The number of nitrogens with zero attached hydrogens (tertiary/aromatic N) is 2. The Morgan fingerprint density at radius 2 is 2.13 bits per heavy atom. The molecule has 5 nitrogen and oxygen atoms in total. The minimum atomic E-state index is 0.0935. The van der Waals surface area contributed by atoms with Crippen molar-refractivity contribution in [3.8, 4) is 10.6 Å². The van der Waals surface area contributed by atoms with Crippen molar-refractivity contribution >= 4 is 17.2 Å². The van der Waals surface area contributed by atoms with Gasteiger partial charge in [0.2, 0.25) is 0 Å². The van der Waals surface area contributed by atoms with Crippen molar-refractivity contribution in [2.45, 2.75) is 19.1 Å². The maximum Gasteiger partial charge on any atom is 0.264 e. The Bertz CT molecular complexity index is 723. The van der Waals surface area contributed by atoms with Crippen LogP contribution in [0.3, 0.4) is 0 Å². The highest BCUT2D eigenvalue weighted by Gasteiger charge is 2.40. The number of hydrogen-bond donors (Lipinski definition) is 0. The molecule has 4 rings (SSSR count). The number of fused-ring (bicyclic) bond motifs is 1. The second-order valence-electron chi connectivity index (χ2n) is 6.24. The monoisotopic (exact) mass is 332 g/mol. The molecule has 4 heterocycles. The maximum atomic E-state index is 12.8. The summed E-state index contributed by atoms with van der Waals surface area (Å²) < 4.78 is 11.5. The number of likely N-dealkylation sites (tertiary alicyclic amines) is 1. The molecule has 2 atom stereocenters. The third-order valence-electron chi connectivity index (χ3n) is 4.67. The molecule has 0 radical (unpaired) electrons. The van der Waals surface area contributed by atoms with Gasteiger partial charge in [-0.15, -0.1) is 11.3 Å². The van der Waals surface area contributed by atoms with Crippen molar-refractivity contribution in [1.82, 2.24) is 9.80 Å². The average Bonchev–Trinajstić information content (AvgIpc) is 3.25. The number of rotatable bonds is 2. The number of thiophene rings is 1. The van der Waals surface area contributed by atoms with Crippen LogP contribution in [-0.4, -0.2) is 61.1 Å². The zero-order valence-electron chi connectivity index (χ0n) is 13.3. The lowest BCUT2D eigenvalue weighted by molar-refractivity contribution is -0.0368. The predicted octanol–water partition coefficient (Wildman–Crippen LogP) is 2.47. The zero-order valence-corrected chi connectivity index (χ0v) is 14.1. The molecule has 2 aliphatic heterocycles. The van der Waals surface area contributed by atoms with Crippen LogP contribution in [0.15, 0.2) is 28.7 Å². The van der Waals surface area contributed by atoms with E-state index in [0.29, 0.717) is 12.6 Å². The Hall–Kier alpha value is -1.63. The lowest BCUT2D eigenvalue weighted by Crippen LogP contribution is -2.48. The SMILES string of the molecule is Cc1ccc(-c2ccc(C(=O)N3CC4OCCN(C)C4C3)s2)o1. The highest BCUT2D eigenvalue weighted by atomic mass is 32.1. The second kappa shape index (κ2) is 5.78. The Morgan fingerprint density at radius 3 is 2.87 bits per heavy atom. The van der Waals surface area contributed by atoms with E-state index in [4.69, 9.17) is 9.15 Å². The average molecular weight is 332 g/mol. The highest BCUT2D eigenvalue weighted by Crippen LogP contribution is 2.31. The van der Waals surface area contributed by atoms with Crippen molar-refractivity contribution in [2.75, 3.05) is 33.3 Å². The molecule has 2 saturated heterocycles. The first kappa shape index (κ1) is 14.9. The molecule has 2 aliphatic rings. The summed E-state index contributed by atoms with van der Waals surface area (Å²) in [4.78, 5) is 18.7. The quantitative estimate of drug-likeness (QED) is 0.847. The van der Waals surface area contributed by atoms with Crippen LogP contribution in [0.2, 0.25) is 0 Å². The number of furan rings is 1. The number of amides is 1. The molecule has 1 amide bonds. The number of likely N-dealkylation sites (N-methyl/N-ethyl adjacent to an activating group) is 1. The molecular weight excluding hydrogens is 312 g/mol. The van der Waals surface area contributed by atoms with Gasteiger partial charge in [0, 0.05) is 19.6 Å². The van der Waals surface area contributed by atoms with Crippen LogP contribution in [0, 0.1) is 6.92 Å². The Morgan fingerprint density at radius 1 is 1.26 bits per heavy atom. The molecule has 0 spiro atoms. The first-order chi connectivity index (χ1) is 11.1. The van der Waals surface area contributed by atoms with Gasteiger partial charge in [-0.25, -0.2) is 0 Å². The number of aryl methyl sites for hydroxylation is 1. The fraction of sp³-hybridized carbons (Fsp3) is 0.471. The molecule has 23 heavy (non-hydrogen) atoms. The largest absolute Gasteiger partial charge is 0.461 e.